The summed E-state index contributed by atoms with van der Waals surface area (Å²) in [4.78, 5) is 9.94. The van der Waals surface area contributed by atoms with Crippen LogP contribution in [0.15, 0.2) is 23.1 Å². The number of nitrogens with one attached hydrogen (secondary N) is 1. The highest BCUT2D eigenvalue weighted by Gasteiger charge is 2.41. The van der Waals surface area contributed by atoms with E-state index in [2.05, 4.69) is 5.32 Å². The number of nitro groups is 1. The van der Waals surface area contributed by atoms with Crippen LogP contribution in [0.25, 0.3) is 0 Å². The monoisotopic (exact) mass is 317 g/mol. The Morgan fingerprint density at radius 3 is 2.55 bits per heavy atom. The predicted molar refractivity (Wildman–Crippen MR) is 78.4 cm³/mol. The molecule has 0 bridgehead atoms. The van der Waals surface area contributed by atoms with Gasteiger partial charge in [0.15, 0.2) is 0 Å². The smallest absolute Gasteiger partial charge is 0.272 e. The molecule has 110 valence electrons. The molecule has 1 aromatic carbocycles. The molecule has 0 radical (unpaired) electrons. The zero-order valence-corrected chi connectivity index (χ0v) is 12.5. The number of thioether (sulfide) groups is 1. The first-order valence-electron chi connectivity index (χ1n) is 5.87. The van der Waals surface area contributed by atoms with E-state index in [9.17, 15) is 18.5 Å². The fourth-order valence-corrected chi connectivity index (χ4v) is 3.11. The van der Waals surface area contributed by atoms with E-state index in [4.69, 9.17) is 5.14 Å². The first kappa shape index (κ1) is 15.1. The summed E-state index contributed by atoms with van der Waals surface area (Å²) in [5.74, 6) is 0. The summed E-state index contributed by atoms with van der Waals surface area (Å²) in [7, 11) is -3.97. The molecule has 20 heavy (non-hydrogen) atoms. The maximum atomic E-state index is 11.4. The van der Waals surface area contributed by atoms with Crippen molar-refractivity contribution in [2.75, 3.05) is 18.1 Å². The quantitative estimate of drug-likeness (QED) is 0.607. The molecule has 0 aromatic heterocycles. The number of hydrogen-bond donors (Lipinski definition) is 2. The molecule has 0 spiro atoms. The van der Waals surface area contributed by atoms with Crippen molar-refractivity contribution in [3.8, 4) is 0 Å². The van der Waals surface area contributed by atoms with Crippen LogP contribution in [-0.2, 0) is 10.0 Å². The van der Waals surface area contributed by atoms with Crippen molar-refractivity contribution in [1.82, 2.24) is 0 Å². The molecular weight excluding hydrogens is 302 g/mol. The Morgan fingerprint density at radius 2 is 2.10 bits per heavy atom. The van der Waals surface area contributed by atoms with Crippen LogP contribution in [0.4, 0.5) is 11.4 Å². The van der Waals surface area contributed by atoms with Crippen LogP contribution >= 0.6 is 11.8 Å². The summed E-state index contributed by atoms with van der Waals surface area (Å²) in [5, 5.41) is 18.9. The van der Waals surface area contributed by atoms with Crippen molar-refractivity contribution in [2.24, 2.45) is 5.14 Å². The second-order valence-corrected chi connectivity index (χ2v) is 7.59. The maximum absolute atomic E-state index is 11.4. The molecule has 9 heteroatoms. The second-order valence-electron chi connectivity index (χ2n) is 4.76. The lowest BCUT2D eigenvalue weighted by Gasteiger charge is -2.14. The van der Waals surface area contributed by atoms with Gasteiger partial charge in [0.25, 0.3) is 5.69 Å². The number of benzene rings is 1. The highest BCUT2D eigenvalue weighted by molar-refractivity contribution is 8.00. The number of hydrogen-bond acceptors (Lipinski definition) is 6. The van der Waals surface area contributed by atoms with Crippen LogP contribution in [0.5, 0.6) is 0 Å². The number of nitro benzene ring substituents is 1. The molecule has 2 rings (SSSR count). The van der Waals surface area contributed by atoms with E-state index < -0.39 is 14.9 Å². The van der Waals surface area contributed by atoms with Gasteiger partial charge in [0.2, 0.25) is 10.0 Å². The Morgan fingerprint density at radius 1 is 1.45 bits per heavy atom. The fourth-order valence-electron chi connectivity index (χ4n) is 1.81. The molecule has 0 atom stereocenters. The first-order valence-corrected chi connectivity index (χ1v) is 8.64. The molecule has 1 fully saturated rings. The van der Waals surface area contributed by atoms with E-state index in [1.165, 1.54) is 12.1 Å². The number of nitrogens with two attached hydrogens (primary N) is 1. The Bertz CT molecular complexity index is 641. The molecule has 0 amide bonds. The number of sulfonamides is 1. The van der Waals surface area contributed by atoms with Crippen molar-refractivity contribution in [2.45, 2.75) is 22.5 Å². The number of rotatable bonds is 6. The Kier molecular flexibility index (Phi) is 3.94. The predicted octanol–water partition coefficient (Wildman–Crippen LogP) is 1.55. The lowest BCUT2D eigenvalue weighted by atomic mass is 10.2. The van der Waals surface area contributed by atoms with Crippen LogP contribution in [-0.4, -0.2) is 30.9 Å². The van der Waals surface area contributed by atoms with E-state index in [-0.39, 0.29) is 15.3 Å². The molecule has 0 heterocycles. The number of non-ortho nitro benzene ring substituents is 1. The molecule has 0 unspecified atom stereocenters. The van der Waals surface area contributed by atoms with Gasteiger partial charge >= 0.3 is 0 Å². The summed E-state index contributed by atoms with van der Waals surface area (Å²) in [6, 6.07) is 3.59. The van der Waals surface area contributed by atoms with Gasteiger partial charge in [-0.2, -0.15) is 11.8 Å². The Hall–Kier alpha value is -1.32. The summed E-state index contributed by atoms with van der Waals surface area (Å²) in [6.07, 6.45) is 4.17. The topological polar surface area (TPSA) is 115 Å². The van der Waals surface area contributed by atoms with Crippen molar-refractivity contribution in [1.29, 1.82) is 0 Å². The highest BCUT2D eigenvalue weighted by atomic mass is 32.2. The molecule has 0 aliphatic heterocycles. The Balaban J connectivity index is 2.28. The van der Waals surface area contributed by atoms with Crippen molar-refractivity contribution in [3.63, 3.8) is 0 Å². The van der Waals surface area contributed by atoms with Gasteiger partial charge < -0.3 is 5.32 Å². The van der Waals surface area contributed by atoms with E-state index in [1.807, 2.05) is 6.26 Å². The fraction of sp³-hybridized carbons (Fsp3) is 0.455. The molecule has 0 saturated heterocycles. The molecular formula is C11H15N3O4S2. The van der Waals surface area contributed by atoms with Gasteiger partial charge in [0, 0.05) is 29.1 Å². The minimum atomic E-state index is -3.97. The minimum absolute atomic E-state index is 0.159. The standard InChI is InChI=1S/C11H15N3O4S2/c1-19-11(2-3-11)7-13-8-4-9(14(15)16)6-10(5-8)20(12,17)18/h4-6,13H,2-3,7H2,1H3,(H2,12,17,18). The third kappa shape index (κ3) is 3.41. The average Bonchev–Trinajstić information content (AvgIpc) is 3.15. The van der Waals surface area contributed by atoms with Gasteiger partial charge in [-0.3, -0.25) is 10.1 Å². The Labute approximate surface area is 121 Å². The molecule has 1 aliphatic rings. The van der Waals surface area contributed by atoms with Crippen LogP contribution in [0.3, 0.4) is 0 Å². The normalized spacial score (nSPS) is 16.7. The third-order valence-electron chi connectivity index (χ3n) is 3.29. The minimum Gasteiger partial charge on any atom is -0.383 e. The molecule has 1 saturated carbocycles. The maximum Gasteiger partial charge on any atom is 0.272 e. The van der Waals surface area contributed by atoms with Gasteiger partial charge in [-0.15, -0.1) is 0 Å². The van der Waals surface area contributed by atoms with Crippen LogP contribution in [0.2, 0.25) is 0 Å². The second kappa shape index (κ2) is 5.23. The van der Waals surface area contributed by atoms with Gasteiger partial charge in [0.1, 0.15) is 0 Å². The number of primary sulfonamides is 1. The van der Waals surface area contributed by atoms with Crippen molar-refractivity contribution >= 4 is 33.2 Å². The van der Waals surface area contributed by atoms with Gasteiger partial charge in [0.05, 0.1) is 9.82 Å². The van der Waals surface area contributed by atoms with Gasteiger partial charge in [-0.1, -0.05) is 0 Å². The SMILES string of the molecule is CSC1(CNc2cc([N+](=O)[O-])cc(S(N)(=O)=O)c2)CC1. The third-order valence-corrected chi connectivity index (χ3v) is 5.60. The molecule has 1 aliphatic carbocycles. The first-order chi connectivity index (χ1) is 9.26. The number of anilines is 1. The average molecular weight is 317 g/mol. The largest absolute Gasteiger partial charge is 0.383 e. The summed E-state index contributed by atoms with van der Waals surface area (Å²) in [6.45, 7) is 0.638. The molecule has 3 N–H and O–H groups in total. The van der Waals surface area contributed by atoms with E-state index >= 15 is 0 Å². The van der Waals surface area contributed by atoms with E-state index in [1.54, 1.807) is 11.8 Å². The zero-order chi connectivity index (χ0) is 15.0. The zero-order valence-electron chi connectivity index (χ0n) is 10.8. The van der Waals surface area contributed by atoms with Gasteiger partial charge in [-0.25, -0.2) is 13.6 Å². The number of nitrogens with zero attached hydrogens (tertiary/aromatic N) is 1. The summed E-state index contributed by atoms with van der Waals surface area (Å²) >= 11 is 1.74. The van der Waals surface area contributed by atoms with E-state index in [0.29, 0.717) is 12.2 Å². The van der Waals surface area contributed by atoms with E-state index in [0.717, 1.165) is 18.9 Å². The van der Waals surface area contributed by atoms with Gasteiger partial charge in [-0.05, 0) is 25.2 Å². The molecule has 7 nitrogen and oxygen atoms in total. The summed E-state index contributed by atoms with van der Waals surface area (Å²) in [5.41, 5.74) is 0.0940. The highest BCUT2D eigenvalue weighted by Crippen LogP contribution is 2.47. The molecule has 1 aromatic rings. The van der Waals surface area contributed by atoms with Crippen molar-refractivity contribution < 1.29 is 13.3 Å². The van der Waals surface area contributed by atoms with Crippen LogP contribution in [0.1, 0.15) is 12.8 Å². The lowest BCUT2D eigenvalue weighted by Crippen LogP contribution is -2.18. The van der Waals surface area contributed by atoms with Crippen molar-refractivity contribution in [3.05, 3.63) is 28.3 Å². The lowest BCUT2D eigenvalue weighted by molar-refractivity contribution is -0.385. The van der Waals surface area contributed by atoms with Crippen LogP contribution < -0.4 is 10.5 Å². The summed E-state index contributed by atoms with van der Waals surface area (Å²) < 4.78 is 22.9. The van der Waals surface area contributed by atoms with Crippen LogP contribution in [0, 0.1) is 10.1 Å².